The molecule has 1 amide bonds. The fourth-order valence-electron chi connectivity index (χ4n) is 1.75. The molecule has 0 bridgehead atoms. The minimum atomic E-state index is -0.236. The van der Waals surface area contributed by atoms with Crippen LogP contribution in [0, 0.1) is 0 Å². The van der Waals surface area contributed by atoms with Crippen LogP contribution in [0.3, 0.4) is 0 Å². The molecule has 0 radical (unpaired) electrons. The number of thioether (sulfide) groups is 1. The first-order valence-corrected chi connectivity index (χ1v) is 7.80. The van der Waals surface area contributed by atoms with E-state index in [1.54, 1.807) is 24.5 Å². The topological polar surface area (TPSA) is 80.6 Å². The predicted octanol–water partition coefficient (Wildman–Crippen LogP) is 3.33. The molecule has 7 heteroatoms. The van der Waals surface area contributed by atoms with Crippen molar-refractivity contribution < 1.29 is 13.6 Å². The summed E-state index contributed by atoms with van der Waals surface area (Å²) in [6.45, 7) is 0. The number of hydrogen-bond acceptors (Lipinski definition) is 6. The van der Waals surface area contributed by atoms with E-state index in [4.69, 9.17) is 8.83 Å². The number of carbonyl (C=O) groups is 1. The first-order chi connectivity index (χ1) is 11.3. The number of rotatable bonds is 6. The smallest absolute Gasteiger partial charge is 0.257 e. The van der Waals surface area contributed by atoms with Crippen molar-refractivity contribution in [3.8, 4) is 0 Å². The lowest BCUT2D eigenvalue weighted by atomic mass is 10.3. The Hall–Kier alpha value is -2.80. The maximum Gasteiger partial charge on any atom is 0.257 e. The van der Waals surface area contributed by atoms with Gasteiger partial charge in [-0.05, 0) is 36.4 Å². The third-order valence-electron chi connectivity index (χ3n) is 2.75. The molecule has 0 aliphatic carbocycles. The van der Waals surface area contributed by atoms with Crippen LogP contribution in [0.15, 0.2) is 67.9 Å². The minimum absolute atomic E-state index is 0.173. The van der Waals surface area contributed by atoms with Crippen LogP contribution < -0.4 is 5.43 Å². The molecule has 0 saturated heterocycles. The molecule has 2 aromatic heterocycles. The second-order valence-corrected chi connectivity index (χ2v) is 5.35. The SMILES string of the molecule is O=C(CSc1nc2ccccc2o1)NN=CC=Cc1ccco1. The summed E-state index contributed by atoms with van der Waals surface area (Å²) >= 11 is 1.22. The molecule has 0 saturated carbocycles. The van der Waals surface area contributed by atoms with Gasteiger partial charge in [0.05, 0.1) is 12.0 Å². The number of nitrogens with one attached hydrogen (secondary N) is 1. The van der Waals surface area contributed by atoms with Crippen LogP contribution in [0.4, 0.5) is 0 Å². The average Bonchev–Trinajstić information content (AvgIpc) is 3.21. The molecular formula is C16H13N3O3S. The number of amides is 1. The van der Waals surface area contributed by atoms with Crippen LogP contribution in [0.1, 0.15) is 5.76 Å². The Bertz CT molecular complexity index is 804. The summed E-state index contributed by atoms with van der Waals surface area (Å²) in [6.07, 6.45) is 6.47. The van der Waals surface area contributed by atoms with E-state index in [0.29, 0.717) is 16.6 Å². The van der Waals surface area contributed by atoms with Crippen LogP contribution >= 0.6 is 11.8 Å². The van der Waals surface area contributed by atoms with Gasteiger partial charge in [-0.2, -0.15) is 5.10 Å². The van der Waals surface area contributed by atoms with Crippen LogP contribution in [-0.4, -0.2) is 22.9 Å². The number of fused-ring (bicyclic) bond motifs is 1. The van der Waals surface area contributed by atoms with Gasteiger partial charge in [0, 0.05) is 6.21 Å². The number of benzene rings is 1. The van der Waals surface area contributed by atoms with Gasteiger partial charge in [-0.3, -0.25) is 4.79 Å². The minimum Gasteiger partial charge on any atom is -0.465 e. The number of oxazole rings is 1. The summed E-state index contributed by atoms with van der Waals surface area (Å²) in [7, 11) is 0. The number of carbonyl (C=O) groups excluding carboxylic acids is 1. The normalized spacial score (nSPS) is 11.7. The lowest BCUT2D eigenvalue weighted by molar-refractivity contribution is -0.118. The lowest BCUT2D eigenvalue weighted by Gasteiger charge is -1.95. The summed E-state index contributed by atoms with van der Waals surface area (Å²) in [5, 5.41) is 4.27. The summed E-state index contributed by atoms with van der Waals surface area (Å²) in [6, 6.07) is 11.1. The zero-order chi connectivity index (χ0) is 15.9. The Kier molecular flexibility index (Phi) is 4.90. The van der Waals surface area contributed by atoms with Gasteiger partial charge in [0.15, 0.2) is 5.58 Å². The quantitative estimate of drug-likeness (QED) is 0.427. The van der Waals surface area contributed by atoms with Crippen molar-refractivity contribution in [3.63, 3.8) is 0 Å². The Balaban J connectivity index is 1.44. The first-order valence-electron chi connectivity index (χ1n) is 6.82. The number of para-hydroxylation sites is 2. The Morgan fingerprint density at radius 2 is 2.22 bits per heavy atom. The van der Waals surface area contributed by atoms with E-state index in [1.165, 1.54) is 18.0 Å². The molecule has 3 rings (SSSR count). The largest absolute Gasteiger partial charge is 0.465 e. The lowest BCUT2D eigenvalue weighted by Crippen LogP contribution is -2.19. The number of furan rings is 1. The monoisotopic (exact) mass is 327 g/mol. The first kappa shape index (κ1) is 15.1. The van der Waals surface area contributed by atoms with E-state index < -0.39 is 0 Å². The van der Waals surface area contributed by atoms with E-state index in [2.05, 4.69) is 15.5 Å². The van der Waals surface area contributed by atoms with Gasteiger partial charge in [-0.25, -0.2) is 10.4 Å². The van der Waals surface area contributed by atoms with Crippen LogP contribution in [0.5, 0.6) is 0 Å². The maximum atomic E-state index is 11.7. The molecule has 0 aliphatic heterocycles. The Morgan fingerprint density at radius 1 is 1.30 bits per heavy atom. The highest BCUT2D eigenvalue weighted by Gasteiger charge is 2.08. The van der Waals surface area contributed by atoms with E-state index in [-0.39, 0.29) is 11.7 Å². The fourth-order valence-corrected chi connectivity index (χ4v) is 2.38. The van der Waals surface area contributed by atoms with Gasteiger partial charge in [0.1, 0.15) is 11.3 Å². The molecule has 23 heavy (non-hydrogen) atoms. The van der Waals surface area contributed by atoms with E-state index in [0.717, 1.165) is 5.52 Å². The van der Waals surface area contributed by atoms with Crippen molar-refractivity contribution in [3.05, 3.63) is 54.5 Å². The number of allylic oxidation sites excluding steroid dienone is 1. The predicted molar refractivity (Wildman–Crippen MR) is 89.1 cm³/mol. The van der Waals surface area contributed by atoms with Crippen molar-refractivity contribution in [1.29, 1.82) is 0 Å². The molecule has 6 nitrogen and oxygen atoms in total. The van der Waals surface area contributed by atoms with Crippen molar-refractivity contribution in [2.75, 3.05) is 5.75 Å². The van der Waals surface area contributed by atoms with E-state index in [9.17, 15) is 4.79 Å². The summed E-state index contributed by atoms with van der Waals surface area (Å²) < 4.78 is 10.6. The van der Waals surface area contributed by atoms with Gasteiger partial charge in [-0.1, -0.05) is 23.9 Å². The third-order valence-corrected chi connectivity index (χ3v) is 3.58. The summed E-state index contributed by atoms with van der Waals surface area (Å²) in [5.74, 6) is 0.653. The van der Waals surface area contributed by atoms with Gasteiger partial charge in [-0.15, -0.1) is 0 Å². The van der Waals surface area contributed by atoms with Gasteiger partial charge in [0.25, 0.3) is 11.1 Å². The maximum absolute atomic E-state index is 11.7. The third kappa shape index (κ3) is 4.33. The second-order valence-electron chi connectivity index (χ2n) is 4.42. The van der Waals surface area contributed by atoms with Gasteiger partial charge in [0.2, 0.25) is 0 Å². The number of hydrogen-bond donors (Lipinski definition) is 1. The average molecular weight is 327 g/mol. The van der Waals surface area contributed by atoms with Crippen molar-refractivity contribution in [2.45, 2.75) is 5.22 Å². The highest BCUT2D eigenvalue weighted by atomic mass is 32.2. The molecule has 0 aliphatic rings. The fraction of sp³-hybridized carbons (Fsp3) is 0.0625. The Labute approximate surface area is 136 Å². The zero-order valence-corrected chi connectivity index (χ0v) is 12.8. The highest BCUT2D eigenvalue weighted by molar-refractivity contribution is 7.99. The molecule has 0 atom stereocenters. The zero-order valence-electron chi connectivity index (χ0n) is 12.0. The number of nitrogens with zero attached hydrogens (tertiary/aromatic N) is 2. The number of hydrazone groups is 1. The number of aromatic nitrogens is 1. The standard InChI is InChI=1S/C16H13N3O3S/c20-15(19-17-9-3-5-12-6-4-10-21-12)11-23-16-18-13-7-1-2-8-14(13)22-16/h1-10H,11H2,(H,19,20). The van der Waals surface area contributed by atoms with Crippen molar-refractivity contribution >= 4 is 41.1 Å². The van der Waals surface area contributed by atoms with Gasteiger partial charge >= 0.3 is 0 Å². The van der Waals surface area contributed by atoms with Crippen LogP contribution in [0.2, 0.25) is 0 Å². The summed E-state index contributed by atoms with van der Waals surface area (Å²) in [4.78, 5) is 15.9. The molecule has 0 fully saturated rings. The molecule has 1 N–H and O–H groups in total. The molecule has 2 heterocycles. The van der Waals surface area contributed by atoms with Crippen molar-refractivity contribution in [2.24, 2.45) is 5.10 Å². The molecule has 0 spiro atoms. The molecule has 3 aromatic rings. The second kappa shape index (κ2) is 7.46. The van der Waals surface area contributed by atoms with Gasteiger partial charge < -0.3 is 8.83 Å². The summed E-state index contributed by atoms with van der Waals surface area (Å²) in [5.41, 5.74) is 3.90. The van der Waals surface area contributed by atoms with E-state index >= 15 is 0 Å². The van der Waals surface area contributed by atoms with E-state index in [1.807, 2.05) is 30.3 Å². The van der Waals surface area contributed by atoms with Crippen molar-refractivity contribution in [1.82, 2.24) is 10.4 Å². The molecule has 116 valence electrons. The van der Waals surface area contributed by atoms with Crippen LogP contribution in [-0.2, 0) is 4.79 Å². The molecule has 0 unspecified atom stereocenters. The molecular weight excluding hydrogens is 314 g/mol. The highest BCUT2D eigenvalue weighted by Crippen LogP contribution is 2.22. The molecule has 1 aromatic carbocycles. The van der Waals surface area contributed by atoms with Crippen LogP contribution in [0.25, 0.3) is 17.2 Å². The Morgan fingerprint density at radius 3 is 3.04 bits per heavy atom.